The van der Waals surface area contributed by atoms with E-state index in [1.54, 1.807) is 50.4 Å². The Hall–Kier alpha value is -2.53. The molecule has 1 unspecified atom stereocenters. The van der Waals surface area contributed by atoms with Gasteiger partial charge in [0.25, 0.3) is 5.91 Å². The Labute approximate surface area is 146 Å². The summed E-state index contributed by atoms with van der Waals surface area (Å²) in [6.45, 7) is 1.59. The van der Waals surface area contributed by atoms with Crippen molar-refractivity contribution in [2.45, 2.75) is 13.0 Å². The van der Waals surface area contributed by atoms with Crippen molar-refractivity contribution in [3.8, 4) is 5.75 Å². The number of carbonyl (C=O) groups is 2. The number of benzene rings is 2. The van der Waals surface area contributed by atoms with Crippen molar-refractivity contribution in [1.29, 1.82) is 0 Å². The van der Waals surface area contributed by atoms with Crippen LogP contribution in [0.4, 0.5) is 5.69 Å². The molecule has 0 bridgehead atoms. The van der Waals surface area contributed by atoms with Gasteiger partial charge in [-0.1, -0.05) is 29.8 Å². The van der Waals surface area contributed by atoms with E-state index in [2.05, 4.69) is 5.32 Å². The number of rotatable bonds is 6. The Morgan fingerprint density at radius 1 is 1.12 bits per heavy atom. The molecule has 1 N–H and O–H groups in total. The molecular formula is C18H19ClN2O3. The Bertz CT molecular complexity index is 689. The predicted octanol–water partition coefficient (Wildman–Crippen LogP) is 3.20. The smallest absolute Gasteiger partial charge is 0.263 e. The summed E-state index contributed by atoms with van der Waals surface area (Å²) in [6, 6.07) is 15.8. The van der Waals surface area contributed by atoms with Gasteiger partial charge in [-0.25, -0.2) is 0 Å². The first-order valence-electron chi connectivity index (χ1n) is 7.48. The van der Waals surface area contributed by atoms with Crippen LogP contribution in [0.2, 0.25) is 5.02 Å². The molecule has 0 fully saturated rings. The van der Waals surface area contributed by atoms with Crippen LogP contribution in [-0.4, -0.2) is 36.4 Å². The van der Waals surface area contributed by atoms with Crippen LogP contribution in [0.1, 0.15) is 6.92 Å². The summed E-state index contributed by atoms with van der Waals surface area (Å²) in [4.78, 5) is 25.6. The third kappa shape index (κ3) is 5.28. The zero-order valence-corrected chi connectivity index (χ0v) is 14.3. The Kier molecular flexibility index (Phi) is 6.21. The summed E-state index contributed by atoms with van der Waals surface area (Å²) >= 11 is 5.80. The lowest BCUT2D eigenvalue weighted by Crippen LogP contribution is -2.41. The SMILES string of the molecule is CC(Oc1ccccc1)C(=O)N(C)CC(=O)Nc1ccc(Cl)cc1. The van der Waals surface area contributed by atoms with E-state index < -0.39 is 6.10 Å². The number of ether oxygens (including phenoxy) is 1. The second-order valence-corrected chi connectivity index (χ2v) is 5.76. The average molecular weight is 347 g/mol. The second-order valence-electron chi connectivity index (χ2n) is 5.32. The average Bonchev–Trinajstić information content (AvgIpc) is 2.57. The van der Waals surface area contributed by atoms with Crippen molar-refractivity contribution >= 4 is 29.1 Å². The van der Waals surface area contributed by atoms with Gasteiger partial charge in [-0.3, -0.25) is 9.59 Å². The molecule has 2 aromatic carbocycles. The molecule has 0 spiro atoms. The third-order valence-electron chi connectivity index (χ3n) is 3.29. The maximum atomic E-state index is 12.3. The summed E-state index contributed by atoms with van der Waals surface area (Å²) in [7, 11) is 1.56. The molecule has 0 saturated heterocycles. The van der Waals surface area contributed by atoms with Crippen LogP contribution < -0.4 is 10.1 Å². The second kappa shape index (κ2) is 8.36. The lowest BCUT2D eigenvalue weighted by molar-refractivity contribution is -0.139. The molecule has 0 aliphatic rings. The van der Waals surface area contributed by atoms with E-state index in [1.165, 1.54) is 4.90 Å². The van der Waals surface area contributed by atoms with Gasteiger partial charge in [-0.2, -0.15) is 0 Å². The summed E-state index contributed by atoms with van der Waals surface area (Å²) < 4.78 is 5.57. The van der Waals surface area contributed by atoms with E-state index in [0.29, 0.717) is 16.5 Å². The number of para-hydroxylation sites is 1. The molecule has 0 heterocycles. The number of nitrogens with zero attached hydrogens (tertiary/aromatic N) is 1. The number of likely N-dealkylation sites (N-methyl/N-ethyl adjacent to an activating group) is 1. The zero-order valence-electron chi connectivity index (χ0n) is 13.5. The number of halogens is 1. The standard InChI is InChI=1S/C18H19ClN2O3/c1-13(24-16-6-4-3-5-7-16)18(23)21(2)12-17(22)20-15-10-8-14(19)9-11-15/h3-11,13H,12H2,1-2H3,(H,20,22). The van der Waals surface area contributed by atoms with E-state index in [0.717, 1.165) is 0 Å². The number of hydrogen-bond acceptors (Lipinski definition) is 3. The van der Waals surface area contributed by atoms with E-state index in [1.807, 2.05) is 18.2 Å². The topological polar surface area (TPSA) is 58.6 Å². The van der Waals surface area contributed by atoms with Crippen molar-refractivity contribution < 1.29 is 14.3 Å². The van der Waals surface area contributed by atoms with Crippen molar-refractivity contribution in [3.63, 3.8) is 0 Å². The van der Waals surface area contributed by atoms with Crippen LogP contribution in [0, 0.1) is 0 Å². The van der Waals surface area contributed by atoms with Gasteiger partial charge in [0.1, 0.15) is 5.75 Å². The number of carbonyl (C=O) groups excluding carboxylic acids is 2. The van der Waals surface area contributed by atoms with Crippen molar-refractivity contribution in [3.05, 3.63) is 59.6 Å². The molecular weight excluding hydrogens is 328 g/mol. The molecule has 6 heteroatoms. The fourth-order valence-corrected chi connectivity index (χ4v) is 2.22. The van der Waals surface area contributed by atoms with Gasteiger partial charge in [0.15, 0.2) is 6.10 Å². The van der Waals surface area contributed by atoms with E-state index >= 15 is 0 Å². The Morgan fingerprint density at radius 2 is 1.75 bits per heavy atom. The van der Waals surface area contributed by atoms with E-state index in [9.17, 15) is 9.59 Å². The van der Waals surface area contributed by atoms with Gasteiger partial charge in [0.05, 0.1) is 6.54 Å². The number of hydrogen-bond donors (Lipinski definition) is 1. The maximum Gasteiger partial charge on any atom is 0.263 e. The molecule has 2 amide bonds. The van der Waals surface area contributed by atoms with Crippen LogP contribution in [0.3, 0.4) is 0 Å². The Morgan fingerprint density at radius 3 is 2.38 bits per heavy atom. The number of amides is 2. The molecule has 0 aliphatic carbocycles. The lowest BCUT2D eigenvalue weighted by Gasteiger charge is -2.21. The number of nitrogens with one attached hydrogen (secondary N) is 1. The molecule has 0 aromatic heterocycles. The molecule has 2 aromatic rings. The van der Waals surface area contributed by atoms with Crippen LogP contribution in [0.5, 0.6) is 5.75 Å². The molecule has 0 radical (unpaired) electrons. The molecule has 0 aliphatic heterocycles. The van der Waals surface area contributed by atoms with Gasteiger partial charge < -0.3 is 15.0 Å². The largest absolute Gasteiger partial charge is 0.481 e. The van der Waals surface area contributed by atoms with Crippen molar-refractivity contribution in [2.75, 3.05) is 18.9 Å². The van der Waals surface area contributed by atoms with Gasteiger partial charge >= 0.3 is 0 Å². The van der Waals surface area contributed by atoms with Crippen LogP contribution in [0.25, 0.3) is 0 Å². The molecule has 24 heavy (non-hydrogen) atoms. The molecule has 1 atom stereocenters. The minimum atomic E-state index is -0.680. The summed E-state index contributed by atoms with van der Waals surface area (Å²) in [5.41, 5.74) is 0.624. The lowest BCUT2D eigenvalue weighted by atomic mass is 10.3. The maximum absolute atomic E-state index is 12.3. The van der Waals surface area contributed by atoms with Crippen LogP contribution in [-0.2, 0) is 9.59 Å². The van der Waals surface area contributed by atoms with Crippen molar-refractivity contribution in [1.82, 2.24) is 4.90 Å². The quantitative estimate of drug-likeness (QED) is 0.873. The van der Waals surface area contributed by atoms with E-state index in [-0.39, 0.29) is 18.4 Å². The minimum absolute atomic E-state index is 0.0655. The minimum Gasteiger partial charge on any atom is -0.481 e. The summed E-state index contributed by atoms with van der Waals surface area (Å²) in [5.74, 6) is 0.0440. The van der Waals surface area contributed by atoms with Crippen LogP contribution in [0.15, 0.2) is 54.6 Å². The Balaban J connectivity index is 1.86. The van der Waals surface area contributed by atoms with Crippen molar-refractivity contribution in [2.24, 2.45) is 0 Å². The monoisotopic (exact) mass is 346 g/mol. The molecule has 5 nitrogen and oxygen atoms in total. The predicted molar refractivity (Wildman–Crippen MR) is 94.3 cm³/mol. The fourth-order valence-electron chi connectivity index (χ4n) is 2.09. The first kappa shape index (κ1) is 17.8. The molecule has 2 rings (SSSR count). The highest BCUT2D eigenvalue weighted by atomic mass is 35.5. The van der Waals surface area contributed by atoms with Gasteiger partial charge in [-0.15, -0.1) is 0 Å². The highest BCUT2D eigenvalue weighted by Crippen LogP contribution is 2.14. The fraction of sp³-hybridized carbons (Fsp3) is 0.222. The van der Waals surface area contributed by atoms with Gasteiger partial charge in [-0.05, 0) is 43.3 Å². The molecule has 0 saturated carbocycles. The highest BCUT2D eigenvalue weighted by Gasteiger charge is 2.21. The van der Waals surface area contributed by atoms with Gasteiger partial charge in [0.2, 0.25) is 5.91 Å². The van der Waals surface area contributed by atoms with Crippen LogP contribution >= 0.6 is 11.6 Å². The van der Waals surface area contributed by atoms with E-state index in [4.69, 9.17) is 16.3 Å². The number of anilines is 1. The highest BCUT2D eigenvalue weighted by molar-refractivity contribution is 6.30. The summed E-state index contributed by atoms with van der Waals surface area (Å²) in [6.07, 6.45) is -0.680. The summed E-state index contributed by atoms with van der Waals surface area (Å²) in [5, 5.41) is 3.30. The first-order chi connectivity index (χ1) is 11.5. The third-order valence-corrected chi connectivity index (χ3v) is 3.54. The normalized spacial score (nSPS) is 11.5. The zero-order chi connectivity index (χ0) is 17.5. The molecule has 126 valence electrons. The van der Waals surface area contributed by atoms with Gasteiger partial charge in [0, 0.05) is 17.8 Å². The first-order valence-corrected chi connectivity index (χ1v) is 7.85.